The van der Waals surface area contributed by atoms with Gasteiger partial charge in [0.05, 0.1) is 23.9 Å². The predicted octanol–water partition coefficient (Wildman–Crippen LogP) is 6.17. The number of hydrogen-bond acceptors (Lipinski definition) is 8. The molecule has 1 amide bonds. The number of aryl methyl sites for hydroxylation is 2. The van der Waals surface area contributed by atoms with E-state index in [1.165, 1.54) is 11.0 Å². The Labute approximate surface area is 235 Å². The molecule has 4 rings (SSSR count). The Morgan fingerprint density at radius 2 is 1.92 bits per heavy atom. The summed E-state index contributed by atoms with van der Waals surface area (Å²) in [4.78, 5) is 45.3. The Morgan fingerprint density at radius 3 is 2.56 bits per heavy atom. The van der Waals surface area contributed by atoms with Crippen molar-refractivity contribution in [2.45, 2.75) is 33.2 Å². The average molecular weight is 567 g/mol. The zero-order valence-corrected chi connectivity index (χ0v) is 23.3. The van der Waals surface area contributed by atoms with Crippen molar-refractivity contribution < 1.29 is 29.0 Å². The normalized spacial score (nSPS) is 16.4. The maximum absolute atomic E-state index is 13.5. The lowest BCUT2D eigenvalue weighted by atomic mass is 9.94. The molecule has 1 aliphatic rings. The van der Waals surface area contributed by atoms with Crippen molar-refractivity contribution in [3.8, 4) is 5.75 Å². The van der Waals surface area contributed by atoms with Gasteiger partial charge in [0, 0.05) is 10.6 Å². The van der Waals surface area contributed by atoms with Gasteiger partial charge in [0.2, 0.25) is 0 Å². The molecule has 10 heteroatoms. The van der Waals surface area contributed by atoms with E-state index in [9.17, 15) is 19.5 Å². The summed E-state index contributed by atoms with van der Waals surface area (Å²) in [5.41, 5.74) is 1.83. The number of ether oxygens (including phenoxy) is 2. The van der Waals surface area contributed by atoms with Crippen molar-refractivity contribution in [1.82, 2.24) is 4.98 Å². The zero-order valence-electron chi connectivity index (χ0n) is 21.7. The van der Waals surface area contributed by atoms with Crippen LogP contribution in [0, 0.1) is 13.8 Å². The van der Waals surface area contributed by atoms with E-state index < -0.39 is 23.7 Å². The summed E-state index contributed by atoms with van der Waals surface area (Å²) in [5.74, 6) is -2.06. The monoisotopic (exact) mass is 566 g/mol. The van der Waals surface area contributed by atoms with E-state index >= 15 is 0 Å². The van der Waals surface area contributed by atoms with Gasteiger partial charge in [-0.1, -0.05) is 54.6 Å². The van der Waals surface area contributed by atoms with E-state index in [0.717, 1.165) is 17.8 Å². The van der Waals surface area contributed by atoms with Gasteiger partial charge in [-0.3, -0.25) is 14.5 Å². The number of aliphatic hydroxyl groups is 1. The van der Waals surface area contributed by atoms with Gasteiger partial charge < -0.3 is 14.6 Å². The molecule has 0 radical (unpaired) electrons. The van der Waals surface area contributed by atoms with Crippen molar-refractivity contribution in [1.29, 1.82) is 0 Å². The van der Waals surface area contributed by atoms with Crippen LogP contribution in [0.4, 0.5) is 5.13 Å². The van der Waals surface area contributed by atoms with E-state index in [-0.39, 0.29) is 27.9 Å². The Kier molecular flexibility index (Phi) is 8.52. The van der Waals surface area contributed by atoms with E-state index in [4.69, 9.17) is 21.1 Å². The summed E-state index contributed by atoms with van der Waals surface area (Å²) in [6.07, 6.45) is 2.29. The number of halogens is 1. The fraction of sp³-hybridized carbons (Fsp3) is 0.241. The molecule has 3 aromatic rings. The molecular formula is C29H27ClN2O6S. The first-order valence-corrected chi connectivity index (χ1v) is 13.4. The highest BCUT2D eigenvalue weighted by Crippen LogP contribution is 2.44. The number of Topliss-reactive ketones (excluding diaryl/α,β-unsaturated/α-hetero) is 1. The fourth-order valence-corrected chi connectivity index (χ4v) is 5.34. The Morgan fingerprint density at radius 1 is 1.21 bits per heavy atom. The van der Waals surface area contributed by atoms with Gasteiger partial charge in [-0.2, -0.15) is 0 Å². The number of benzene rings is 2. The van der Waals surface area contributed by atoms with Crippen LogP contribution in [0.2, 0.25) is 5.02 Å². The van der Waals surface area contributed by atoms with Crippen LogP contribution >= 0.6 is 22.9 Å². The molecule has 0 saturated carbocycles. The van der Waals surface area contributed by atoms with Crippen LogP contribution in [-0.2, 0) is 14.3 Å². The van der Waals surface area contributed by atoms with Crippen LogP contribution < -0.4 is 9.64 Å². The second-order valence-electron chi connectivity index (χ2n) is 8.84. The van der Waals surface area contributed by atoms with Gasteiger partial charge in [0.25, 0.3) is 5.78 Å². The summed E-state index contributed by atoms with van der Waals surface area (Å²) in [7, 11) is 0. The molecule has 2 aromatic carbocycles. The largest absolute Gasteiger partial charge is 0.507 e. The topological polar surface area (TPSA) is 106 Å². The summed E-state index contributed by atoms with van der Waals surface area (Å²) in [6.45, 7) is 9.49. The molecule has 2 heterocycles. The minimum absolute atomic E-state index is 0.0163. The van der Waals surface area contributed by atoms with Crippen LogP contribution in [0.25, 0.3) is 5.76 Å². The van der Waals surface area contributed by atoms with Gasteiger partial charge in [-0.15, -0.1) is 0 Å². The molecule has 1 aromatic heterocycles. The Bertz CT molecular complexity index is 1480. The van der Waals surface area contributed by atoms with Gasteiger partial charge in [0.15, 0.2) is 5.13 Å². The number of nitrogens with zero attached hydrogens (tertiary/aromatic N) is 2. The number of carbonyl (C=O) groups is 3. The van der Waals surface area contributed by atoms with Gasteiger partial charge in [-0.05, 0) is 61.7 Å². The minimum atomic E-state index is -1.01. The van der Waals surface area contributed by atoms with Gasteiger partial charge in [-0.25, -0.2) is 9.78 Å². The first kappa shape index (κ1) is 28.1. The van der Waals surface area contributed by atoms with Crippen molar-refractivity contribution in [3.63, 3.8) is 0 Å². The van der Waals surface area contributed by atoms with Crippen molar-refractivity contribution >= 4 is 51.5 Å². The molecule has 1 N–H and O–H groups in total. The second kappa shape index (κ2) is 11.8. The Balaban J connectivity index is 1.85. The SMILES string of the molecule is C=CCOC(=O)c1sc(N2C(=O)C(=O)C(=C(O)c3ccc(OCCC)cc3C)[C@H]2c2ccc(Cl)cc2)nc1C. The van der Waals surface area contributed by atoms with Crippen molar-refractivity contribution in [3.05, 3.63) is 93.0 Å². The molecule has 1 saturated heterocycles. The third-order valence-corrected chi connectivity index (χ3v) is 7.45. The van der Waals surface area contributed by atoms with E-state index in [1.807, 2.05) is 6.92 Å². The third-order valence-electron chi connectivity index (χ3n) is 6.07. The number of thiazole rings is 1. The number of aliphatic hydroxyl groups excluding tert-OH is 1. The number of anilines is 1. The average Bonchev–Trinajstić information content (AvgIpc) is 3.42. The van der Waals surface area contributed by atoms with E-state index in [2.05, 4.69) is 11.6 Å². The predicted molar refractivity (Wildman–Crippen MR) is 151 cm³/mol. The lowest BCUT2D eigenvalue weighted by Gasteiger charge is -2.23. The van der Waals surface area contributed by atoms with E-state index in [0.29, 0.717) is 39.8 Å². The lowest BCUT2D eigenvalue weighted by Crippen LogP contribution is -2.29. The molecule has 1 aliphatic heterocycles. The van der Waals surface area contributed by atoms with Gasteiger partial charge >= 0.3 is 11.9 Å². The molecule has 0 unspecified atom stereocenters. The van der Waals surface area contributed by atoms with Gasteiger partial charge in [0.1, 0.15) is 23.0 Å². The maximum atomic E-state index is 13.5. The van der Waals surface area contributed by atoms with Crippen LogP contribution in [0.3, 0.4) is 0 Å². The van der Waals surface area contributed by atoms with Crippen molar-refractivity contribution in [2.24, 2.45) is 0 Å². The maximum Gasteiger partial charge on any atom is 0.350 e. The minimum Gasteiger partial charge on any atom is -0.507 e. The third kappa shape index (κ3) is 5.60. The summed E-state index contributed by atoms with van der Waals surface area (Å²) in [5, 5.41) is 12.1. The molecule has 0 aliphatic carbocycles. The van der Waals surface area contributed by atoms with Crippen LogP contribution in [0.15, 0.2) is 60.7 Å². The quantitative estimate of drug-likeness (QED) is 0.108. The first-order valence-electron chi connectivity index (χ1n) is 12.2. The first-order chi connectivity index (χ1) is 18.7. The smallest absolute Gasteiger partial charge is 0.350 e. The molecule has 8 nitrogen and oxygen atoms in total. The lowest BCUT2D eigenvalue weighted by molar-refractivity contribution is -0.132. The van der Waals surface area contributed by atoms with Crippen molar-refractivity contribution in [2.75, 3.05) is 18.1 Å². The fourth-order valence-electron chi connectivity index (χ4n) is 4.22. The van der Waals surface area contributed by atoms with Crippen LogP contribution in [-0.4, -0.2) is 41.0 Å². The summed E-state index contributed by atoms with van der Waals surface area (Å²) in [6, 6.07) is 10.7. The van der Waals surface area contributed by atoms with E-state index in [1.54, 1.807) is 56.3 Å². The molecule has 1 fully saturated rings. The summed E-state index contributed by atoms with van der Waals surface area (Å²) < 4.78 is 10.8. The van der Waals surface area contributed by atoms with Crippen LogP contribution in [0.5, 0.6) is 5.75 Å². The molecule has 39 heavy (non-hydrogen) atoms. The highest BCUT2D eigenvalue weighted by atomic mass is 35.5. The molecule has 0 spiro atoms. The number of ketones is 1. The number of esters is 1. The summed E-state index contributed by atoms with van der Waals surface area (Å²) >= 11 is 7.04. The molecule has 202 valence electrons. The standard InChI is InChI=1S/C29H27ClN2O6S/c1-5-13-37-20-11-12-21(16(3)15-20)24(33)22-23(18-7-9-19(30)10-8-18)32(27(35)25(22)34)29-31-17(4)26(39-29)28(36)38-14-6-2/h6-12,15,23,33H,2,5,13-14H2,1,3-4H3/t23-/m1/s1. The number of amides is 1. The number of hydrogen-bond donors (Lipinski definition) is 1. The highest BCUT2D eigenvalue weighted by Gasteiger charge is 2.48. The Hall–Kier alpha value is -3.95. The molecule has 0 bridgehead atoms. The highest BCUT2D eigenvalue weighted by molar-refractivity contribution is 7.17. The number of carbonyl (C=O) groups excluding carboxylic acids is 3. The molecular weight excluding hydrogens is 540 g/mol. The number of rotatable bonds is 9. The number of aromatic nitrogens is 1. The second-order valence-corrected chi connectivity index (χ2v) is 10.3. The zero-order chi connectivity index (χ0) is 28.3. The molecule has 1 atom stereocenters. The van der Waals surface area contributed by atoms with Crippen LogP contribution in [0.1, 0.15) is 51.4 Å².